The van der Waals surface area contributed by atoms with Crippen LogP contribution in [0.25, 0.3) is 10.8 Å². The van der Waals surface area contributed by atoms with E-state index < -0.39 is 0 Å². The standard InChI is InChI=1S/C15H13N3/c1-11-4-5-13-10-17-18-15(14(13)7-11)8-12-3-2-6-16-9-12/h2-7,9-10H,8H2,1H3. The third kappa shape index (κ3) is 2.07. The molecule has 1 aromatic carbocycles. The Hall–Kier alpha value is -2.29. The summed E-state index contributed by atoms with van der Waals surface area (Å²) >= 11 is 0. The number of pyridine rings is 1. The Morgan fingerprint density at radius 2 is 2.06 bits per heavy atom. The number of benzene rings is 1. The number of hydrogen-bond acceptors (Lipinski definition) is 3. The van der Waals surface area contributed by atoms with Crippen molar-refractivity contribution in [3.63, 3.8) is 0 Å². The summed E-state index contributed by atoms with van der Waals surface area (Å²) < 4.78 is 0. The second-order valence-electron chi connectivity index (χ2n) is 4.42. The summed E-state index contributed by atoms with van der Waals surface area (Å²) in [5.41, 5.74) is 3.40. The van der Waals surface area contributed by atoms with Crippen LogP contribution in [0.1, 0.15) is 16.8 Å². The molecule has 0 unspecified atom stereocenters. The predicted molar refractivity (Wildman–Crippen MR) is 71.3 cm³/mol. The van der Waals surface area contributed by atoms with Crippen molar-refractivity contribution in [1.29, 1.82) is 0 Å². The van der Waals surface area contributed by atoms with E-state index in [-0.39, 0.29) is 0 Å². The Morgan fingerprint density at radius 3 is 2.89 bits per heavy atom. The summed E-state index contributed by atoms with van der Waals surface area (Å²) in [5.74, 6) is 0. The summed E-state index contributed by atoms with van der Waals surface area (Å²) in [6.45, 7) is 2.09. The molecule has 0 saturated heterocycles. The summed E-state index contributed by atoms with van der Waals surface area (Å²) in [4.78, 5) is 4.13. The quantitative estimate of drug-likeness (QED) is 0.685. The molecule has 0 fully saturated rings. The maximum Gasteiger partial charge on any atom is 0.0753 e. The lowest BCUT2D eigenvalue weighted by atomic mass is 10.0. The van der Waals surface area contributed by atoms with E-state index in [0.29, 0.717) is 0 Å². The Bertz CT molecular complexity index is 678. The van der Waals surface area contributed by atoms with Crippen LogP contribution in [0.3, 0.4) is 0 Å². The molecule has 2 aromatic heterocycles. The van der Waals surface area contributed by atoms with Gasteiger partial charge in [0.2, 0.25) is 0 Å². The minimum absolute atomic E-state index is 0.766. The van der Waals surface area contributed by atoms with Crippen molar-refractivity contribution in [2.75, 3.05) is 0 Å². The third-order valence-electron chi connectivity index (χ3n) is 2.99. The van der Waals surface area contributed by atoms with Gasteiger partial charge >= 0.3 is 0 Å². The molecular weight excluding hydrogens is 222 g/mol. The molecule has 0 bridgehead atoms. The highest BCUT2D eigenvalue weighted by molar-refractivity contribution is 5.84. The van der Waals surface area contributed by atoms with E-state index in [1.54, 1.807) is 6.20 Å². The van der Waals surface area contributed by atoms with Crippen LogP contribution in [0.15, 0.2) is 48.9 Å². The van der Waals surface area contributed by atoms with E-state index >= 15 is 0 Å². The number of aryl methyl sites for hydroxylation is 1. The van der Waals surface area contributed by atoms with Gasteiger partial charge in [0.25, 0.3) is 0 Å². The largest absolute Gasteiger partial charge is 0.264 e. The Kier molecular flexibility index (Phi) is 2.73. The fourth-order valence-corrected chi connectivity index (χ4v) is 2.07. The zero-order valence-corrected chi connectivity index (χ0v) is 10.2. The Balaban J connectivity index is 2.09. The molecule has 3 rings (SSSR count). The minimum Gasteiger partial charge on any atom is -0.264 e. The van der Waals surface area contributed by atoms with Gasteiger partial charge in [0.05, 0.1) is 11.9 Å². The second-order valence-corrected chi connectivity index (χ2v) is 4.42. The first-order valence-electron chi connectivity index (χ1n) is 5.93. The number of rotatable bonds is 2. The first-order valence-corrected chi connectivity index (χ1v) is 5.93. The molecule has 0 aliphatic carbocycles. The van der Waals surface area contributed by atoms with Crippen molar-refractivity contribution >= 4 is 10.8 Å². The Morgan fingerprint density at radius 1 is 1.11 bits per heavy atom. The molecule has 0 N–H and O–H groups in total. The van der Waals surface area contributed by atoms with Gasteiger partial charge in [-0.3, -0.25) is 4.98 Å². The van der Waals surface area contributed by atoms with E-state index in [4.69, 9.17) is 0 Å². The zero-order chi connectivity index (χ0) is 12.4. The average Bonchev–Trinajstić information content (AvgIpc) is 2.41. The smallest absolute Gasteiger partial charge is 0.0753 e. The Labute approximate surface area is 106 Å². The molecule has 0 aliphatic heterocycles. The lowest BCUT2D eigenvalue weighted by Crippen LogP contribution is -1.96. The van der Waals surface area contributed by atoms with Gasteiger partial charge in [-0.15, -0.1) is 0 Å². The molecule has 88 valence electrons. The van der Waals surface area contributed by atoms with Crippen molar-refractivity contribution in [2.24, 2.45) is 0 Å². The zero-order valence-electron chi connectivity index (χ0n) is 10.2. The first-order chi connectivity index (χ1) is 8.83. The summed E-state index contributed by atoms with van der Waals surface area (Å²) in [7, 11) is 0. The van der Waals surface area contributed by atoms with Gasteiger partial charge in [-0.1, -0.05) is 23.8 Å². The van der Waals surface area contributed by atoms with Gasteiger partial charge in [0.1, 0.15) is 0 Å². The van der Waals surface area contributed by atoms with Crippen LogP contribution in [0.2, 0.25) is 0 Å². The van der Waals surface area contributed by atoms with Crippen LogP contribution in [-0.4, -0.2) is 15.2 Å². The molecule has 0 amide bonds. The van der Waals surface area contributed by atoms with Gasteiger partial charge in [-0.2, -0.15) is 10.2 Å². The minimum atomic E-state index is 0.766. The van der Waals surface area contributed by atoms with E-state index in [9.17, 15) is 0 Å². The van der Waals surface area contributed by atoms with Crippen LogP contribution in [-0.2, 0) is 6.42 Å². The molecule has 18 heavy (non-hydrogen) atoms. The van der Waals surface area contributed by atoms with Gasteiger partial charge in [0.15, 0.2) is 0 Å². The number of hydrogen-bond donors (Lipinski definition) is 0. The topological polar surface area (TPSA) is 38.7 Å². The molecule has 2 heterocycles. The third-order valence-corrected chi connectivity index (χ3v) is 2.99. The van der Waals surface area contributed by atoms with E-state index in [1.807, 2.05) is 18.5 Å². The van der Waals surface area contributed by atoms with Crippen molar-refractivity contribution in [3.05, 3.63) is 65.7 Å². The van der Waals surface area contributed by atoms with Crippen LogP contribution < -0.4 is 0 Å². The molecular formula is C15H13N3. The highest BCUT2D eigenvalue weighted by Gasteiger charge is 2.05. The predicted octanol–water partition coefficient (Wildman–Crippen LogP) is 2.92. The molecule has 0 aliphatic rings. The van der Waals surface area contributed by atoms with Crippen molar-refractivity contribution < 1.29 is 0 Å². The lowest BCUT2D eigenvalue weighted by molar-refractivity contribution is 0.954. The fraction of sp³-hybridized carbons (Fsp3) is 0.133. The molecule has 0 spiro atoms. The average molecular weight is 235 g/mol. The van der Waals surface area contributed by atoms with Gasteiger partial charge < -0.3 is 0 Å². The normalized spacial score (nSPS) is 10.7. The van der Waals surface area contributed by atoms with Crippen molar-refractivity contribution in [3.8, 4) is 0 Å². The lowest BCUT2D eigenvalue weighted by Gasteiger charge is -2.05. The SMILES string of the molecule is Cc1ccc2cnnc(Cc3cccnc3)c2c1. The van der Waals surface area contributed by atoms with Crippen LogP contribution >= 0.6 is 0 Å². The number of aromatic nitrogens is 3. The second kappa shape index (κ2) is 4.53. The molecule has 0 radical (unpaired) electrons. The monoisotopic (exact) mass is 235 g/mol. The molecule has 3 aromatic rings. The van der Waals surface area contributed by atoms with Gasteiger partial charge in [0, 0.05) is 29.6 Å². The maximum atomic E-state index is 4.27. The van der Waals surface area contributed by atoms with Gasteiger partial charge in [-0.25, -0.2) is 0 Å². The highest BCUT2D eigenvalue weighted by atomic mass is 15.1. The van der Waals surface area contributed by atoms with E-state index in [2.05, 4.69) is 46.4 Å². The van der Waals surface area contributed by atoms with E-state index in [0.717, 1.165) is 23.1 Å². The molecule has 0 saturated carbocycles. The van der Waals surface area contributed by atoms with Crippen molar-refractivity contribution in [2.45, 2.75) is 13.3 Å². The van der Waals surface area contributed by atoms with Crippen LogP contribution in [0.4, 0.5) is 0 Å². The molecule has 3 nitrogen and oxygen atoms in total. The summed E-state index contributed by atoms with van der Waals surface area (Å²) in [6.07, 6.45) is 6.22. The maximum absolute atomic E-state index is 4.27. The number of fused-ring (bicyclic) bond motifs is 1. The first kappa shape index (κ1) is 10.8. The fourth-order valence-electron chi connectivity index (χ4n) is 2.07. The van der Waals surface area contributed by atoms with Crippen molar-refractivity contribution in [1.82, 2.24) is 15.2 Å². The number of nitrogens with zero attached hydrogens (tertiary/aromatic N) is 3. The van der Waals surface area contributed by atoms with Crippen LogP contribution in [0, 0.1) is 6.92 Å². The summed E-state index contributed by atoms with van der Waals surface area (Å²) in [6, 6.07) is 10.3. The van der Waals surface area contributed by atoms with E-state index in [1.165, 1.54) is 10.9 Å². The highest BCUT2D eigenvalue weighted by Crippen LogP contribution is 2.19. The molecule has 0 atom stereocenters. The van der Waals surface area contributed by atoms with Gasteiger partial charge in [-0.05, 0) is 24.6 Å². The molecule has 3 heteroatoms. The van der Waals surface area contributed by atoms with Crippen LogP contribution in [0.5, 0.6) is 0 Å². The summed E-state index contributed by atoms with van der Waals surface area (Å²) in [5, 5.41) is 10.6.